The number of aryl methyl sites for hydroxylation is 1. The fourth-order valence-corrected chi connectivity index (χ4v) is 3.66. The minimum absolute atomic E-state index is 0.107. The van der Waals surface area contributed by atoms with E-state index < -0.39 is 30.1 Å². The third-order valence-corrected chi connectivity index (χ3v) is 5.09. The molecule has 0 fully saturated rings. The molecule has 1 amide bonds. The van der Waals surface area contributed by atoms with E-state index in [0.717, 1.165) is 28.0 Å². The molecule has 0 unspecified atom stereocenters. The number of carboxylic acid groups (broad SMARTS) is 1. The predicted octanol–water partition coefficient (Wildman–Crippen LogP) is 4.34. The highest BCUT2D eigenvalue weighted by molar-refractivity contribution is 5.98. The van der Waals surface area contributed by atoms with Gasteiger partial charge in [0.05, 0.1) is 11.0 Å². The van der Waals surface area contributed by atoms with Crippen molar-refractivity contribution >= 4 is 22.9 Å². The standard InChI is InChI=1S/C24H19F2N3O3/c1-15-27-20-12-16(10-11-21(20)29(15)18-7-3-2-4-8-18)24(32)28(14-22(30)31)13-17-6-5-9-19(25)23(17)26/h2-12H,13-14H2,1H3,(H,30,31). The summed E-state index contributed by atoms with van der Waals surface area (Å²) >= 11 is 0. The van der Waals surface area contributed by atoms with Gasteiger partial charge in [0.15, 0.2) is 11.6 Å². The van der Waals surface area contributed by atoms with Gasteiger partial charge in [0.2, 0.25) is 0 Å². The number of carboxylic acids is 1. The largest absolute Gasteiger partial charge is 0.480 e. The number of hydrogen-bond acceptors (Lipinski definition) is 3. The lowest BCUT2D eigenvalue weighted by Crippen LogP contribution is -2.35. The summed E-state index contributed by atoms with van der Waals surface area (Å²) in [5.41, 5.74) is 2.36. The van der Waals surface area contributed by atoms with E-state index in [1.54, 1.807) is 18.2 Å². The number of halogens is 2. The molecule has 0 aliphatic rings. The Balaban J connectivity index is 1.70. The number of aliphatic carboxylic acids is 1. The number of amides is 1. The number of carbonyl (C=O) groups excluding carboxylic acids is 1. The number of imidazole rings is 1. The number of carbonyl (C=O) groups is 2. The lowest BCUT2D eigenvalue weighted by Gasteiger charge is -2.21. The molecule has 0 spiro atoms. The van der Waals surface area contributed by atoms with E-state index in [2.05, 4.69) is 4.98 Å². The van der Waals surface area contributed by atoms with E-state index >= 15 is 0 Å². The monoisotopic (exact) mass is 435 g/mol. The smallest absolute Gasteiger partial charge is 0.323 e. The maximum Gasteiger partial charge on any atom is 0.323 e. The fraction of sp³-hybridized carbons (Fsp3) is 0.125. The third-order valence-electron chi connectivity index (χ3n) is 5.09. The quantitative estimate of drug-likeness (QED) is 0.489. The van der Waals surface area contributed by atoms with Gasteiger partial charge in [-0.25, -0.2) is 13.8 Å². The summed E-state index contributed by atoms with van der Waals surface area (Å²) < 4.78 is 29.6. The van der Waals surface area contributed by atoms with Gasteiger partial charge in [0.1, 0.15) is 12.4 Å². The molecule has 0 aliphatic carbocycles. The van der Waals surface area contributed by atoms with Crippen molar-refractivity contribution in [1.29, 1.82) is 0 Å². The van der Waals surface area contributed by atoms with Crippen molar-refractivity contribution in [1.82, 2.24) is 14.5 Å². The van der Waals surface area contributed by atoms with E-state index in [1.165, 1.54) is 12.1 Å². The summed E-state index contributed by atoms with van der Waals surface area (Å²) in [6, 6.07) is 18.1. The average Bonchev–Trinajstić information content (AvgIpc) is 3.11. The number of hydrogen-bond donors (Lipinski definition) is 1. The molecule has 0 atom stereocenters. The lowest BCUT2D eigenvalue weighted by atomic mass is 10.1. The SMILES string of the molecule is Cc1nc2cc(C(=O)N(CC(=O)O)Cc3cccc(F)c3F)ccc2n1-c1ccccc1. The molecule has 0 saturated heterocycles. The van der Waals surface area contributed by atoms with Gasteiger partial charge in [-0.3, -0.25) is 14.2 Å². The molecule has 0 bridgehead atoms. The van der Waals surface area contributed by atoms with Gasteiger partial charge < -0.3 is 10.0 Å². The Morgan fingerprint density at radius 1 is 1.03 bits per heavy atom. The van der Waals surface area contributed by atoms with Crippen LogP contribution in [-0.4, -0.2) is 38.0 Å². The summed E-state index contributed by atoms with van der Waals surface area (Å²) in [7, 11) is 0. The lowest BCUT2D eigenvalue weighted by molar-refractivity contribution is -0.137. The minimum Gasteiger partial charge on any atom is -0.480 e. The van der Waals surface area contributed by atoms with Gasteiger partial charge in [-0.15, -0.1) is 0 Å². The zero-order chi connectivity index (χ0) is 22.8. The molecule has 3 aromatic carbocycles. The van der Waals surface area contributed by atoms with Crippen LogP contribution < -0.4 is 0 Å². The topological polar surface area (TPSA) is 75.4 Å². The van der Waals surface area contributed by atoms with E-state index in [1.807, 2.05) is 41.8 Å². The van der Waals surface area contributed by atoms with Crippen LogP contribution in [0.1, 0.15) is 21.7 Å². The molecule has 1 N–H and O–H groups in total. The highest BCUT2D eigenvalue weighted by Gasteiger charge is 2.22. The van der Waals surface area contributed by atoms with Crippen LogP contribution in [0.3, 0.4) is 0 Å². The van der Waals surface area contributed by atoms with Crippen LogP contribution in [0.15, 0.2) is 66.7 Å². The highest BCUT2D eigenvalue weighted by atomic mass is 19.2. The van der Waals surface area contributed by atoms with Crippen molar-refractivity contribution in [2.45, 2.75) is 13.5 Å². The number of para-hydroxylation sites is 1. The first-order valence-electron chi connectivity index (χ1n) is 9.83. The molecule has 6 nitrogen and oxygen atoms in total. The molecule has 0 aliphatic heterocycles. The zero-order valence-electron chi connectivity index (χ0n) is 17.1. The molecule has 4 rings (SSSR count). The Morgan fingerprint density at radius 2 is 1.78 bits per heavy atom. The van der Waals surface area contributed by atoms with Crippen LogP contribution in [0.25, 0.3) is 16.7 Å². The molecular formula is C24H19F2N3O3. The van der Waals surface area contributed by atoms with Crippen LogP contribution in [-0.2, 0) is 11.3 Å². The van der Waals surface area contributed by atoms with Crippen LogP contribution in [0, 0.1) is 18.6 Å². The number of rotatable bonds is 6. The Hall–Kier alpha value is -4.07. The first-order chi connectivity index (χ1) is 15.3. The van der Waals surface area contributed by atoms with E-state index in [4.69, 9.17) is 0 Å². The van der Waals surface area contributed by atoms with E-state index in [-0.39, 0.29) is 17.7 Å². The minimum atomic E-state index is -1.26. The van der Waals surface area contributed by atoms with Crippen molar-refractivity contribution in [2.75, 3.05) is 6.54 Å². The molecular weight excluding hydrogens is 416 g/mol. The van der Waals surface area contributed by atoms with Crippen LogP contribution >= 0.6 is 0 Å². The molecule has 162 valence electrons. The van der Waals surface area contributed by atoms with Crippen molar-refractivity contribution in [3.8, 4) is 5.69 Å². The summed E-state index contributed by atoms with van der Waals surface area (Å²) in [5.74, 6) is -3.33. The first kappa shape index (κ1) is 21.2. The van der Waals surface area contributed by atoms with Gasteiger partial charge >= 0.3 is 5.97 Å². The number of benzene rings is 3. The molecule has 32 heavy (non-hydrogen) atoms. The van der Waals surface area contributed by atoms with Crippen LogP contribution in [0.2, 0.25) is 0 Å². The summed E-state index contributed by atoms with van der Waals surface area (Å²) in [4.78, 5) is 29.9. The number of aromatic nitrogens is 2. The maximum absolute atomic E-state index is 14.1. The van der Waals surface area contributed by atoms with Crippen molar-refractivity contribution in [2.24, 2.45) is 0 Å². The molecule has 0 radical (unpaired) electrons. The highest BCUT2D eigenvalue weighted by Crippen LogP contribution is 2.23. The second-order valence-electron chi connectivity index (χ2n) is 7.30. The number of fused-ring (bicyclic) bond motifs is 1. The Bertz CT molecular complexity index is 1320. The molecule has 0 saturated carbocycles. The van der Waals surface area contributed by atoms with Gasteiger partial charge in [0, 0.05) is 23.4 Å². The predicted molar refractivity (Wildman–Crippen MR) is 115 cm³/mol. The van der Waals surface area contributed by atoms with Crippen LogP contribution in [0.4, 0.5) is 8.78 Å². The van der Waals surface area contributed by atoms with E-state index in [9.17, 15) is 23.5 Å². The second-order valence-corrected chi connectivity index (χ2v) is 7.30. The van der Waals surface area contributed by atoms with Crippen molar-refractivity contribution in [3.63, 3.8) is 0 Å². The van der Waals surface area contributed by atoms with Crippen molar-refractivity contribution < 1.29 is 23.5 Å². The first-order valence-corrected chi connectivity index (χ1v) is 9.83. The van der Waals surface area contributed by atoms with Crippen molar-refractivity contribution in [3.05, 3.63) is 95.3 Å². The summed E-state index contributed by atoms with van der Waals surface area (Å²) in [5, 5.41) is 9.24. The fourth-order valence-electron chi connectivity index (χ4n) is 3.66. The zero-order valence-corrected chi connectivity index (χ0v) is 17.1. The maximum atomic E-state index is 14.1. The third kappa shape index (κ3) is 4.07. The van der Waals surface area contributed by atoms with Gasteiger partial charge in [-0.05, 0) is 43.3 Å². The van der Waals surface area contributed by atoms with Gasteiger partial charge in [-0.1, -0.05) is 30.3 Å². The molecule has 1 heterocycles. The van der Waals surface area contributed by atoms with Gasteiger partial charge in [0.25, 0.3) is 5.91 Å². The molecule has 1 aromatic heterocycles. The van der Waals surface area contributed by atoms with Gasteiger partial charge in [-0.2, -0.15) is 0 Å². The van der Waals surface area contributed by atoms with Crippen LogP contribution in [0.5, 0.6) is 0 Å². The molecule has 8 heteroatoms. The second kappa shape index (κ2) is 8.58. The summed E-state index contributed by atoms with van der Waals surface area (Å²) in [6.07, 6.45) is 0. The Morgan fingerprint density at radius 3 is 2.50 bits per heavy atom. The normalized spacial score (nSPS) is 11.0. The average molecular weight is 435 g/mol. The Kier molecular flexibility index (Phi) is 5.68. The van der Waals surface area contributed by atoms with E-state index in [0.29, 0.717) is 5.52 Å². The Labute approximate surface area is 182 Å². The molecule has 4 aromatic rings. The summed E-state index contributed by atoms with van der Waals surface area (Å²) in [6.45, 7) is 0.798. The number of nitrogens with zero attached hydrogens (tertiary/aromatic N) is 3.